The molecule has 0 radical (unpaired) electrons. The highest BCUT2D eigenvalue weighted by atomic mass is 79.9. The summed E-state index contributed by atoms with van der Waals surface area (Å²) in [6, 6.07) is 7.30. The predicted octanol–water partition coefficient (Wildman–Crippen LogP) is 4.21. The van der Waals surface area contributed by atoms with Gasteiger partial charge in [-0.05, 0) is 45.8 Å². The second kappa shape index (κ2) is 5.96. The Bertz CT molecular complexity index is 664. The van der Waals surface area contributed by atoms with Crippen molar-refractivity contribution in [2.24, 2.45) is 0 Å². The molecule has 0 bridgehead atoms. The van der Waals surface area contributed by atoms with Gasteiger partial charge in [0, 0.05) is 0 Å². The van der Waals surface area contributed by atoms with Crippen molar-refractivity contribution in [3.05, 3.63) is 68.2 Å². The van der Waals surface area contributed by atoms with E-state index in [9.17, 15) is 18.9 Å². The minimum atomic E-state index is -0.723. The maximum atomic E-state index is 13.1. The first-order valence-corrected chi connectivity index (χ1v) is 6.27. The van der Waals surface area contributed by atoms with Gasteiger partial charge in [0.05, 0.1) is 15.5 Å². The van der Waals surface area contributed by atoms with Crippen LogP contribution in [0.2, 0.25) is 0 Å². The molecular formula is C13H8BrF2NO3. The third-order valence-electron chi connectivity index (χ3n) is 2.50. The number of hydrogen-bond acceptors (Lipinski definition) is 3. The van der Waals surface area contributed by atoms with Crippen LogP contribution in [0.3, 0.4) is 0 Å². The molecule has 0 saturated carbocycles. The summed E-state index contributed by atoms with van der Waals surface area (Å²) in [5.41, 5.74) is 0.170. The molecule has 0 heterocycles. The maximum absolute atomic E-state index is 13.1. The van der Waals surface area contributed by atoms with E-state index >= 15 is 0 Å². The molecule has 0 aromatic heterocycles. The monoisotopic (exact) mass is 343 g/mol. The molecule has 20 heavy (non-hydrogen) atoms. The van der Waals surface area contributed by atoms with Gasteiger partial charge < -0.3 is 4.74 Å². The fourth-order valence-corrected chi connectivity index (χ4v) is 1.97. The number of halogens is 3. The van der Waals surface area contributed by atoms with Crippen molar-refractivity contribution in [2.45, 2.75) is 6.61 Å². The average molecular weight is 344 g/mol. The van der Waals surface area contributed by atoms with Gasteiger partial charge >= 0.3 is 5.69 Å². The lowest BCUT2D eigenvalue weighted by molar-refractivity contribution is -0.386. The standard InChI is InChI=1S/C13H8BrF2NO3/c14-10-5-8(1-3-11(10)16)7-20-13-4-2-9(15)6-12(13)17(18)19/h1-6H,7H2. The summed E-state index contributed by atoms with van der Waals surface area (Å²) in [5.74, 6) is -1.17. The van der Waals surface area contributed by atoms with Crippen LogP contribution in [0.4, 0.5) is 14.5 Å². The van der Waals surface area contributed by atoms with Crippen molar-refractivity contribution in [3.8, 4) is 5.75 Å². The largest absolute Gasteiger partial charge is 0.482 e. The van der Waals surface area contributed by atoms with Gasteiger partial charge in [0.15, 0.2) is 5.75 Å². The Morgan fingerprint density at radius 2 is 1.95 bits per heavy atom. The molecule has 0 saturated heterocycles. The van der Waals surface area contributed by atoms with E-state index in [1.807, 2.05) is 0 Å². The van der Waals surface area contributed by atoms with Crippen LogP contribution in [0, 0.1) is 21.7 Å². The zero-order valence-electron chi connectivity index (χ0n) is 9.98. The van der Waals surface area contributed by atoms with Crippen LogP contribution >= 0.6 is 15.9 Å². The van der Waals surface area contributed by atoms with Gasteiger partial charge in [0.2, 0.25) is 0 Å². The number of benzene rings is 2. The van der Waals surface area contributed by atoms with Crippen molar-refractivity contribution >= 4 is 21.6 Å². The van der Waals surface area contributed by atoms with E-state index in [0.717, 1.165) is 12.1 Å². The summed E-state index contributed by atoms with van der Waals surface area (Å²) in [5, 5.41) is 10.8. The minimum absolute atomic E-state index is 0.00531. The average Bonchev–Trinajstić information content (AvgIpc) is 2.41. The van der Waals surface area contributed by atoms with Crippen LogP contribution in [0.15, 0.2) is 40.9 Å². The molecule has 0 spiro atoms. The normalized spacial score (nSPS) is 10.3. The highest BCUT2D eigenvalue weighted by molar-refractivity contribution is 9.10. The maximum Gasteiger partial charge on any atom is 0.313 e. The van der Waals surface area contributed by atoms with E-state index in [4.69, 9.17) is 4.74 Å². The Hall–Kier alpha value is -2.02. The van der Waals surface area contributed by atoms with E-state index in [1.165, 1.54) is 24.3 Å². The van der Waals surface area contributed by atoms with E-state index in [2.05, 4.69) is 15.9 Å². The van der Waals surface area contributed by atoms with Crippen molar-refractivity contribution in [1.82, 2.24) is 0 Å². The second-order valence-electron chi connectivity index (χ2n) is 3.91. The molecule has 7 heteroatoms. The number of rotatable bonds is 4. The van der Waals surface area contributed by atoms with Gasteiger partial charge in [-0.3, -0.25) is 10.1 Å². The van der Waals surface area contributed by atoms with E-state index in [1.54, 1.807) is 0 Å². The zero-order chi connectivity index (χ0) is 14.7. The Morgan fingerprint density at radius 3 is 2.60 bits per heavy atom. The molecule has 0 atom stereocenters. The van der Waals surface area contributed by atoms with Gasteiger partial charge in [0.1, 0.15) is 18.2 Å². The Labute approximate surface area is 121 Å². The van der Waals surface area contributed by atoms with Crippen molar-refractivity contribution in [3.63, 3.8) is 0 Å². The lowest BCUT2D eigenvalue weighted by Crippen LogP contribution is -2.00. The van der Waals surface area contributed by atoms with Crippen molar-refractivity contribution < 1.29 is 18.4 Å². The lowest BCUT2D eigenvalue weighted by atomic mass is 10.2. The molecule has 2 aromatic rings. The van der Waals surface area contributed by atoms with Crippen LogP contribution < -0.4 is 4.74 Å². The number of nitro groups is 1. The molecule has 0 aliphatic rings. The van der Waals surface area contributed by atoms with Gasteiger partial charge in [-0.1, -0.05) is 6.07 Å². The predicted molar refractivity (Wildman–Crippen MR) is 71.5 cm³/mol. The molecule has 0 aliphatic heterocycles. The van der Waals surface area contributed by atoms with Crippen LogP contribution in [-0.4, -0.2) is 4.92 Å². The van der Waals surface area contributed by atoms with Crippen LogP contribution in [-0.2, 0) is 6.61 Å². The van der Waals surface area contributed by atoms with Crippen LogP contribution in [0.5, 0.6) is 5.75 Å². The summed E-state index contributed by atoms with van der Waals surface area (Å²) in [6.07, 6.45) is 0. The Kier molecular flexibility index (Phi) is 4.29. The lowest BCUT2D eigenvalue weighted by Gasteiger charge is -2.07. The fourth-order valence-electron chi connectivity index (χ4n) is 1.55. The molecule has 2 rings (SSSR count). The van der Waals surface area contributed by atoms with Gasteiger partial charge in [-0.2, -0.15) is 0 Å². The first kappa shape index (κ1) is 14.4. The molecule has 0 aliphatic carbocycles. The first-order valence-electron chi connectivity index (χ1n) is 5.48. The summed E-state index contributed by atoms with van der Waals surface area (Å²) < 4.78 is 31.6. The molecule has 0 amide bonds. The summed E-state index contributed by atoms with van der Waals surface area (Å²) in [6.45, 7) is 0.00531. The van der Waals surface area contributed by atoms with Crippen molar-refractivity contribution in [1.29, 1.82) is 0 Å². The molecule has 0 N–H and O–H groups in total. The van der Waals surface area contributed by atoms with E-state index in [-0.39, 0.29) is 16.8 Å². The molecule has 0 unspecified atom stereocenters. The summed E-state index contributed by atoms with van der Waals surface area (Å²) >= 11 is 3.03. The van der Waals surface area contributed by atoms with Gasteiger partial charge in [-0.25, -0.2) is 8.78 Å². The molecule has 0 fully saturated rings. The SMILES string of the molecule is O=[N+]([O-])c1cc(F)ccc1OCc1ccc(F)c(Br)c1. The van der Waals surface area contributed by atoms with E-state index in [0.29, 0.717) is 5.56 Å². The first-order chi connectivity index (χ1) is 9.47. The topological polar surface area (TPSA) is 52.4 Å². The van der Waals surface area contributed by atoms with Crippen LogP contribution in [0.1, 0.15) is 5.56 Å². The minimum Gasteiger partial charge on any atom is -0.482 e. The Morgan fingerprint density at radius 1 is 1.20 bits per heavy atom. The summed E-state index contributed by atoms with van der Waals surface area (Å²) in [7, 11) is 0. The number of ether oxygens (including phenoxy) is 1. The number of hydrogen-bond donors (Lipinski definition) is 0. The third-order valence-corrected chi connectivity index (χ3v) is 3.10. The van der Waals surface area contributed by atoms with E-state index < -0.39 is 22.2 Å². The molecule has 2 aromatic carbocycles. The van der Waals surface area contributed by atoms with Gasteiger partial charge in [0.25, 0.3) is 0 Å². The molecule has 104 valence electrons. The number of nitrogens with zero attached hydrogens (tertiary/aromatic N) is 1. The molecule has 4 nitrogen and oxygen atoms in total. The van der Waals surface area contributed by atoms with Gasteiger partial charge in [-0.15, -0.1) is 0 Å². The number of nitro benzene ring substituents is 1. The quantitative estimate of drug-likeness (QED) is 0.617. The summed E-state index contributed by atoms with van der Waals surface area (Å²) in [4.78, 5) is 10.1. The fraction of sp³-hybridized carbons (Fsp3) is 0.0769. The van der Waals surface area contributed by atoms with Crippen molar-refractivity contribution in [2.75, 3.05) is 0 Å². The second-order valence-corrected chi connectivity index (χ2v) is 4.76. The Balaban J connectivity index is 2.18. The smallest absolute Gasteiger partial charge is 0.313 e. The zero-order valence-corrected chi connectivity index (χ0v) is 11.6. The molecular weight excluding hydrogens is 336 g/mol. The highest BCUT2D eigenvalue weighted by Gasteiger charge is 2.16. The third kappa shape index (κ3) is 3.30. The highest BCUT2D eigenvalue weighted by Crippen LogP contribution is 2.28. The van der Waals surface area contributed by atoms with Crippen LogP contribution in [0.25, 0.3) is 0 Å².